The summed E-state index contributed by atoms with van der Waals surface area (Å²) in [5.41, 5.74) is 1.26. The van der Waals surface area contributed by atoms with Gasteiger partial charge in [0.2, 0.25) is 0 Å². The molecule has 0 aliphatic carbocycles. The smallest absolute Gasteiger partial charge is 0.306 e. The van der Waals surface area contributed by atoms with Crippen LogP contribution in [0.4, 0.5) is 0 Å². The minimum absolute atomic E-state index is 0.0163. The molecule has 3 heteroatoms. The molecule has 68 valence electrons. The second-order valence-electron chi connectivity index (χ2n) is 3.00. The average molecular weight is 233 g/mol. The number of cyclic esters (lactones) is 1. The number of rotatable bonds is 2. The van der Waals surface area contributed by atoms with E-state index in [-0.39, 0.29) is 12.1 Å². The van der Waals surface area contributed by atoms with Crippen LogP contribution in [-0.2, 0) is 9.53 Å². The van der Waals surface area contributed by atoms with Gasteiger partial charge in [-0.15, -0.1) is 0 Å². The molecule has 1 rings (SSSR count). The Balaban J connectivity index is 2.65. The monoisotopic (exact) mass is 232 g/mol. The molecule has 0 spiro atoms. The lowest BCUT2D eigenvalue weighted by Crippen LogP contribution is -2.07. The van der Waals surface area contributed by atoms with Crippen molar-refractivity contribution in [2.75, 3.05) is 0 Å². The summed E-state index contributed by atoms with van der Waals surface area (Å²) < 4.78 is 6.15. The molecule has 0 aromatic rings. The van der Waals surface area contributed by atoms with Crippen molar-refractivity contribution in [2.24, 2.45) is 0 Å². The molecule has 1 aliphatic heterocycles. The number of allylic oxidation sites excluding steroid dienone is 1. The van der Waals surface area contributed by atoms with Gasteiger partial charge in [0, 0.05) is 10.9 Å². The Morgan fingerprint density at radius 3 is 2.83 bits per heavy atom. The first-order valence-electron chi connectivity index (χ1n) is 4.19. The van der Waals surface area contributed by atoms with E-state index < -0.39 is 0 Å². The number of carbonyl (C=O) groups is 1. The van der Waals surface area contributed by atoms with Gasteiger partial charge in [-0.3, -0.25) is 4.79 Å². The van der Waals surface area contributed by atoms with Crippen LogP contribution >= 0.6 is 15.9 Å². The fraction of sp³-hybridized carbons (Fsp3) is 0.667. The van der Waals surface area contributed by atoms with E-state index >= 15 is 0 Å². The minimum atomic E-state index is -0.0825. The minimum Gasteiger partial charge on any atom is -0.457 e. The number of halogens is 1. The first-order valence-corrected chi connectivity index (χ1v) is 4.99. The van der Waals surface area contributed by atoms with E-state index in [1.807, 2.05) is 0 Å². The predicted octanol–water partition coefficient (Wildman–Crippen LogP) is 2.77. The van der Waals surface area contributed by atoms with Crippen LogP contribution in [-0.4, -0.2) is 12.1 Å². The molecule has 1 saturated heterocycles. The number of hydrogen-bond donors (Lipinski definition) is 0. The van der Waals surface area contributed by atoms with Crippen LogP contribution in [0.2, 0.25) is 0 Å². The molecule has 1 unspecified atom stereocenters. The summed E-state index contributed by atoms with van der Waals surface area (Å²) in [6, 6.07) is 0. The molecule has 1 aliphatic rings. The second kappa shape index (κ2) is 4.08. The highest BCUT2D eigenvalue weighted by Crippen LogP contribution is 2.28. The summed E-state index contributed by atoms with van der Waals surface area (Å²) >= 11 is 3.46. The molecule has 0 aromatic carbocycles. The third kappa shape index (κ3) is 2.09. The maximum Gasteiger partial charge on any atom is 0.306 e. The van der Waals surface area contributed by atoms with E-state index in [2.05, 4.69) is 29.8 Å². The number of hydrogen-bond acceptors (Lipinski definition) is 2. The van der Waals surface area contributed by atoms with Gasteiger partial charge in [0.1, 0.15) is 6.10 Å². The van der Waals surface area contributed by atoms with Crippen molar-refractivity contribution in [3.63, 3.8) is 0 Å². The zero-order valence-corrected chi connectivity index (χ0v) is 8.98. The van der Waals surface area contributed by atoms with Gasteiger partial charge in [-0.05, 0) is 19.8 Å². The van der Waals surface area contributed by atoms with E-state index in [0.29, 0.717) is 6.42 Å². The second-order valence-corrected chi connectivity index (χ2v) is 3.85. The topological polar surface area (TPSA) is 26.3 Å². The highest BCUT2D eigenvalue weighted by atomic mass is 79.9. The third-order valence-electron chi connectivity index (χ3n) is 2.11. The molecule has 0 radical (unpaired) electrons. The molecule has 0 bridgehead atoms. The molecule has 0 aromatic heterocycles. The average Bonchev–Trinajstić information content (AvgIpc) is 2.49. The largest absolute Gasteiger partial charge is 0.457 e. The first-order chi connectivity index (χ1) is 5.65. The maximum absolute atomic E-state index is 10.8. The van der Waals surface area contributed by atoms with E-state index in [9.17, 15) is 4.79 Å². The van der Waals surface area contributed by atoms with Crippen molar-refractivity contribution in [3.8, 4) is 0 Å². The van der Waals surface area contributed by atoms with Crippen LogP contribution in [0.5, 0.6) is 0 Å². The third-order valence-corrected chi connectivity index (χ3v) is 3.29. The highest BCUT2D eigenvalue weighted by Gasteiger charge is 2.26. The van der Waals surface area contributed by atoms with E-state index in [0.717, 1.165) is 17.3 Å². The van der Waals surface area contributed by atoms with Gasteiger partial charge in [-0.2, -0.15) is 0 Å². The van der Waals surface area contributed by atoms with Crippen LogP contribution in [0.3, 0.4) is 0 Å². The molecule has 0 N–H and O–H groups in total. The number of ether oxygens (including phenoxy) is 1. The van der Waals surface area contributed by atoms with Crippen LogP contribution < -0.4 is 0 Å². The summed E-state index contributed by atoms with van der Waals surface area (Å²) in [7, 11) is 0. The van der Waals surface area contributed by atoms with E-state index in [1.54, 1.807) is 0 Å². The van der Waals surface area contributed by atoms with Crippen molar-refractivity contribution >= 4 is 21.9 Å². The zero-order valence-electron chi connectivity index (χ0n) is 7.39. The summed E-state index contributed by atoms with van der Waals surface area (Å²) in [6.07, 6.45) is 2.35. The Morgan fingerprint density at radius 2 is 2.42 bits per heavy atom. The maximum atomic E-state index is 10.8. The Kier molecular flexibility index (Phi) is 3.32. The number of esters is 1. The fourth-order valence-electron chi connectivity index (χ4n) is 1.15. The van der Waals surface area contributed by atoms with Crippen LogP contribution in [0, 0.1) is 0 Å². The van der Waals surface area contributed by atoms with Crippen LogP contribution in [0.1, 0.15) is 33.1 Å². The lowest BCUT2D eigenvalue weighted by molar-refractivity contribution is -0.140. The predicted molar refractivity (Wildman–Crippen MR) is 51.0 cm³/mol. The molecule has 1 atom stereocenters. The van der Waals surface area contributed by atoms with Gasteiger partial charge in [-0.25, -0.2) is 0 Å². The molecule has 1 fully saturated rings. The van der Waals surface area contributed by atoms with Crippen LogP contribution in [0.25, 0.3) is 0 Å². The van der Waals surface area contributed by atoms with Crippen molar-refractivity contribution in [3.05, 3.63) is 10.1 Å². The Labute approximate surface area is 81.1 Å². The van der Waals surface area contributed by atoms with Crippen LogP contribution in [0.15, 0.2) is 10.1 Å². The van der Waals surface area contributed by atoms with Crippen molar-refractivity contribution in [1.29, 1.82) is 0 Å². The Hall–Kier alpha value is -0.310. The van der Waals surface area contributed by atoms with Gasteiger partial charge >= 0.3 is 5.97 Å². The standard InChI is InChI=1S/C9H13BrO2/c1-3-6(2)9(10)7-4-5-8(11)12-7/h7H,3-5H2,1-2H3/b9-6+. The summed E-state index contributed by atoms with van der Waals surface area (Å²) in [5, 5.41) is 0. The van der Waals surface area contributed by atoms with E-state index in [4.69, 9.17) is 4.74 Å². The van der Waals surface area contributed by atoms with Crippen molar-refractivity contribution < 1.29 is 9.53 Å². The summed E-state index contributed by atoms with van der Waals surface area (Å²) in [4.78, 5) is 10.8. The van der Waals surface area contributed by atoms with E-state index in [1.165, 1.54) is 5.57 Å². The van der Waals surface area contributed by atoms with Crippen molar-refractivity contribution in [2.45, 2.75) is 39.2 Å². The Bertz CT molecular complexity index is 221. The summed E-state index contributed by atoms with van der Waals surface area (Å²) in [5.74, 6) is -0.0825. The molecular weight excluding hydrogens is 220 g/mol. The first kappa shape index (κ1) is 9.78. The molecule has 1 heterocycles. The SMILES string of the molecule is CC/C(C)=C(/Br)C1CCC(=O)O1. The van der Waals surface area contributed by atoms with Crippen molar-refractivity contribution in [1.82, 2.24) is 0 Å². The highest BCUT2D eigenvalue weighted by molar-refractivity contribution is 9.11. The quantitative estimate of drug-likeness (QED) is 0.685. The molecular formula is C9H13BrO2. The van der Waals surface area contributed by atoms with Gasteiger partial charge in [0.15, 0.2) is 0 Å². The van der Waals surface area contributed by atoms with Gasteiger partial charge < -0.3 is 4.74 Å². The molecule has 0 amide bonds. The van der Waals surface area contributed by atoms with Gasteiger partial charge in [0.05, 0.1) is 0 Å². The van der Waals surface area contributed by atoms with Gasteiger partial charge in [0.25, 0.3) is 0 Å². The molecule has 2 nitrogen and oxygen atoms in total. The molecule has 0 saturated carbocycles. The number of carbonyl (C=O) groups excluding carboxylic acids is 1. The molecule has 12 heavy (non-hydrogen) atoms. The zero-order chi connectivity index (χ0) is 9.14. The lowest BCUT2D eigenvalue weighted by Gasteiger charge is -2.10. The normalized spacial score (nSPS) is 25.2. The fourth-order valence-corrected chi connectivity index (χ4v) is 1.75. The summed E-state index contributed by atoms with van der Waals surface area (Å²) in [6.45, 7) is 4.14. The Morgan fingerprint density at radius 1 is 1.75 bits per heavy atom. The van der Waals surface area contributed by atoms with Gasteiger partial charge in [-0.1, -0.05) is 28.4 Å². The lowest BCUT2D eigenvalue weighted by atomic mass is 10.1.